The van der Waals surface area contributed by atoms with Crippen LogP contribution in [0.2, 0.25) is 0 Å². The Balaban J connectivity index is 1.50. The molecule has 0 atom stereocenters. The molecule has 44 heavy (non-hydrogen) atoms. The molecule has 0 fully saturated rings. The number of aromatic amines is 1. The first-order chi connectivity index (χ1) is 21.0. The van der Waals surface area contributed by atoms with Crippen LogP contribution in [-0.2, 0) is 16.1 Å². The topological polar surface area (TPSA) is 133 Å². The van der Waals surface area contributed by atoms with Crippen molar-refractivity contribution in [2.75, 3.05) is 10.6 Å². The molecule has 222 valence electrons. The Kier molecular flexibility index (Phi) is 8.47. The lowest BCUT2D eigenvalue weighted by molar-refractivity contribution is -0.131. The van der Waals surface area contributed by atoms with Crippen LogP contribution < -0.4 is 15.4 Å². The summed E-state index contributed by atoms with van der Waals surface area (Å²) < 4.78 is 33.2. The molecule has 1 aromatic heterocycles. The first kappa shape index (κ1) is 29.6. The van der Waals surface area contributed by atoms with Crippen LogP contribution in [0, 0.1) is 11.6 Å². The van der Waals surface area contributed by atoms with E-state index in [1.807, 2.05) is 12.1 Å². The Hall–Kier alpha value is -5.84. The number of allylic oxidation sites excluding steroid dienone is 1. The van der Waals surface area contributed by atoms with E-state index in [1.165, 1.54) is 38.1 Å². The molecule has 0 aliphatic heterocycles. The van der Waals surface area contributed by atoms with Crippen molar-refractivity contribution in [2.45, 2.75) is 20.4 Å². The van der Waals surface area contributed by atoms with Gasteiger partial charge in [0.15, 0.2) is 0 Å². The number of hydrogen-bond donors (Lipinski definition) is 4. The summed E-state index contributed by atoms with van der Waals surface area (Å²) in [5, 5.41) is 17.2. The third-order valence-corrected chi connectivity index (χ3v) is 6.45. The van der Waals surface area contributed by atoms with Crippen molar-refractivity contribution in [2.24, 2.45) is 0 Å². The number of Topliss-reactive ketones (excluding diaryl/α,β-unsaturated/α-hetero) is 1. The Bertz CT molecular complexity index is 1910. The molecule has 0 saturated heterocycles. The minimum Gasteiger partial charge on any atom is -0.506 e. The van der Waals surface area contributed by atoms with Crippen LogP contribution in [0.1, 0.15) is 41.2 Å². The third-order valence-electron chi connectivity index (χ3n) is 6.45. The number of aliphatic hydroxyl groups excluding tert-OH is 1. The second kappa shape index (κ2) is 12.6. The van der Waals surface area contributed by atoms with Crippen LogP contribution in [0.5, 0.6) is 5.75 Å². The lowest BCUT2D eigenvalue weighted by Gasteiger charge is -2.10. The van der Waals surface area contributed by atoms with Crippen molar-refractivity contribution in [1.29, 1.82) is 0 Å². The van der Waals surface area contributed by atoms with Crippen LogP contribution in [-0.4, -0.2) is 32.7 Å². The maximum Gasteiger partial charge on any atom is 0.308 e. The summed E-state index contributed by atoms with van der Waals surface area (Å²) in [5.41, 5.74) is 2.77. The Morgan fingerprint density at radius 3 is 2.25 bits per heavy atom. The van der Waals surface area contributed by atoms with E-state index >= 15 is 0 Å². The number of imidazole rings is 1. The monoisotopic (exact) mass is 596 g/mol. The fraction of sp³-hybridized carbons (Fsp3) is 0.0909. The van der Waals surface area contributed by atoms with E-state index in [2.05, 4.69) is 20.6 Å². The van der Waals surface area contributed by atoms with E-state index in [-0.39, 0.29) is 34.2 Å². The molecule has 0 unspecified atom stereocenters. The Labute approximate surface area is 250 Å². The average Bonchev–Trinajstić information content (AvgIpc) is 3.38. The van der Waals surface area contributed by atoms with Crippen LogP contribution in [0.4, 0.5) is 20.2 Å². The van der Waals surface area contributed by atoms with Crippen molar-refractivity contribution in [3.63, 3.8) is 0 Å². The molecule has 4 aromatic carbocycles. The number of ketones is 1. The van der Waals surface area contributed by atoms with Crippen LogP contribution in [0.15, 0.2) is 84.9 Å². The van der Waals surface area contributed by atoms with E-state index in [1.54, 1.807) is 30.3 Å². The summed E-state index contributed by atoms with van der Waals surface area (Å²) in [6, 6.07) is 20.8. The second-order valence-electron chi connectivity index (χ2n) is 9.88. The molecule has 0 spiro atoms. The van der Waals surface area contributed by atoms with Gasteiger partial charge in [0.25, 0.3) is 0 Å². The number of carbonyl (C=O) groups is 3. The molecule has 0 saturated carbocycles. The highest BCUT2D eigenvalue weighted by Crippen LogP contribution is 2.30. The van der Waals surface area contributed by atoms with Crippen molar-refractivity contribution >= 4 is 51.4 Å². The predicted molar refractivity (Wildman–Crippen MR) is 162 cm³/mol. The molecule has 1 heterocycles. The minimum atomic E-state index is -0.944. The number of halogens is 2. The second-order valence-corrected chi connectivity index (χ2v) is 9.88. The molecule has 0 radical (unpaired) electrons. The minimum absolute atomic E-state index is 0.0366. The van der Waals surface area contributed by atoms with E-state index in [0.717, 1.165) is 23.4 Å². The van der Waals surface area contributed by atoms with Crippen molar-refractivity contribution < 1.29 is 33.0 Å². The quantitative estimate of drug-likeness (QED) is 0.0493. The maximum absolute atomic E-state index is 14.1. The number of aromatic nitrogens is 2. The fourth-order valence-corrected chi connectivity index (χ4v) is 4.52. The zero-order chi connectivity index (χ0) is 31.4. The van der Waals surface area contributed by atoms with Gasteiger partial charge in [-0.2, -0.15) is 0 Å². The summed E-state index contributed by atoms with van der Waals surface area (Å²) >= 11 is 0. The average molecular weight is 597 g/mol. The molecule has 5 rings (SSSR count). The number of hydrogen-bond acceptors (Lipinski definition) is 7. The zero-order valence-electron chi connectivity index (χ0n) is 23.6. The number of benzene rings is 4. The lowest BCUT2D eigenvalue weighted by atomic mass is 9.98. The molecular weight excluding hydrogens is 570 g/mol. The predicted octanol–water partition coefficient (Wildman–Crippen LogP) is 6.65. The molecular formula is C33H26F2N4O5. The first-order valence-corrected chi connectivity index (χ1v) is 13.4. The summed E-state index contributed by atoms with van der Waals surface area (Å²) in [7, 11) is 0. The van der Waals surface area contributed by atoms with Gasteiger partial charge in [-0.25, -0.2) is 13.8 Å². The molecule has 0 bridgehead atoms. The fourth-order valence-electron chi connectivity index (χ4n) is 4.52. The summed E-state index contributed by atoms with van der Waals surface area (Å²) in [4.78, 5) is 44.0. The van der Waals surface area contributed by atoms with Gasteiger partial charge in [-0.1, -0.05) is 24.3 Å². The molecule has 9 nitrogen and oxygen atoms in total. The van der Waals surface area contributed by atoms with Gasteiger partial charge in [-0.3, -0.25) is 14.4 Å². The molecule has 0 aliphatic carbocycles. The smallest absolute Gasteiger partial charge is 0.308 e. The van der Waals surface area contributed by atoms with Crippen LogP contribution >= 0.6 is 0 Å². The molecule has 4 N–H and O–H groups in total. The van der Waals surface area contributed by atoms with E-state index in [0.29, 0.717) is 29.3 Å². The van der Waals surface area contributed by atoms with Crippen LogP contribution in [0.3, 0.4) is 0 Å². The van der Waals surface area contributed by atoms with Gasteiger partial charge < -0.3 is 25.5 Å². The van der Waals surface area contributed by atoms with Gasteiger partial charge in [-0.15, -0.1) is 0 Å². The first-order valence-electron chi connectivity index (χ1n) is 13.4. The molecule has 11 heteroatoms. The maximum atomic E-state index is 14.1. The number of esters is 1. The van der Waals surface area contributed by atoms with Gasteiger partial charge in [0.1, 0.15) is 34.5 Å². The SMILES string of the molecule is CC(=O)Nc1ccc(CNc2ccc3nc(C(C(=O)c4cccc(OC(C)=O)c4)=C(O)c4cc(F)cc(F)c4)[nH]c3c2)cc1. The summed E-state index contributed by atoms with van der Waals surface area (Å²) in [5.74, 6) is -4.02. The van der Waals surface area contributed by atoms with Crippen molar-refractivity contribution in [1.82, 2.24) is 9.97 Å². The number of nitrogens with zero attached hydrogens (tertiary/aromatic N) is 1. The summed E-state index contributed by atoms with van der Waals surface area (Å²) in [6.45, 7) is 3.12. The standard InChI is InChI=1S/C33H26F2N4O5/c1-18(40)37-25-8-6-20(7-9-25)17-36-26-10-11-28-29(16-26)39-33(38-28)30(32(43)22-12-23(34)15-24(35)13-22)31(42)21-4-3-5-27(14-21)44-19(2)41/h3-16,36,43H,17H2,1-2H3,(H,37,40)(H,38,39). The van der Waals surface area contributed by atoms with Crippen molar-refractivity contribution in [3.8, 4) is 5.75 Å². The number of nitrogens with one attached hydrogen (secondary N) is 3. The van der Waals surface area contributed by atoms with Gasteiger partial charge in [-0.05, 0) is 60.2 Å². The number of rotatable bonds is 9. The third kappa shape index (κ3) is 6.96. The number of aliphatic hydroxyl groups is 1. The van der Waals surface area contributed by atoms with Gasteiger partial charge >= 0.3 is 5.97 Å². The lowest BCUT2D eigenvalue weighted by Crippen LogP contribution is -2.09. The number of anilines is 2. The highest BCUT2D eigenvalue weighted by molar-refractivity contribution is 6.33. The number of ether oxygens (including phenoxy) is 1. The van der Waals surface area contributed by atoms with Gasteiger partial charge in [0, 0.05) is 49.0 Å². The highest BCUT2D eigenvalue weighted by Gasteiger charge is 2.25. The zero-order valence-corrected chi connectivity index (χ0v) is 23.6. The molecule has 1 amide bonds. The summed E-state index contributed by atoms with van der Waals surface area (Å²) in [6.07, 6.45) is 0. The van der Waals surface area contributed by atoms with E-state index in [4.69, 9.17) is 4.74 Å². The highest BCUT2D eigenvalue weighted by atomic mass is 19.1. The molecule has 5 aromatic rings. The van der Waals surface area contributed by atoms with E-state index < -0.39 is 29.1 Å². The van der Waals surface area contributed by atoms with Gasteiger partial charge in [0.2, 0.25) is 11.7 Å². The number of carbonyl (C=O) groups excluding carboxylic acids is 3. The van der Waals surface area contributed by atoms with Gasteiger partial charge in [0.05, 0.1) is 11.0 Å². The number of fused-ring (bicyclic) bond motifs is 1. The Morgan fingerprint density at radius 2 is 1.57 bits per heavy atom. The number of amides is 1. The van der Waals surface area contributed by atoms with Crippen molar-refractivity contribution in [3.05, 3.63) is 119 Å². The Morgan fingerprint density at radius 1 is 0.864 bits per heavy atom. The largest absolute Gasteiger partial charge is 0.506 e. The number of H-pyrrole nitrogens is 1. The molecule has 0 aliphatic rings. The van der Waals surface area contributed by atoms with Crippen LogP contribution in [0.25, 0.3) is 22.4 Å². The van der Waals surface area contributed by atoms with E-state index in [9.17, 15) is 28.3 Å². The normalized spacial score (nSPS) is 11.5.